The van der Waals surface area contributed by atoms with Crippen LogP contribution in [-0.4, -0.2) is 149 Å². The number of phosphoric acid groups is 1. The molecule has 0 spiro atoms. The van der Waals surface area contributed by atoms with Gasteiger partial charge in [0.05, 0.1) is 40.3 Å². The summed E-state index contributed by atoms with van der Waals surface area (Å²) in [4.78, 5) is 110. The largest absolute Gasteiger partial charge is 0.480 e. The second-order valence-electron chi connectivity index (χ2n) is 21.9. The normalized spacial score (nSPS) is 22.5. The van der Waals surface area contributed by atoms with Crippen LogP contribution in [0.3, 0.4) is 0 Å². The summed E-state index contributed by atoms with van der Waals surface area (Å²) in [6.45, 7) is 14.0. The van der Waals surface area contributed by atoms with E-state index < -0.39 is 56.9 Å². The van der Waals surface area contributed by atoms with E-state index in [9.17, 15) is 43.4 Å². The SMILES string of the molecule is [2H]C([2H])([2H])Oc1ncc(-c2ccnc(N3CCn4c(cc5c4CC(C)(C)C5)C3=O)c2[C@@H](C)O)cc1Nc1ccc(N2CCN(C3CCN(c4ccc5c(c4)C(=O)N([C@H]4CCC(=O)N(C(C)OP(=O)(O)O)C4=O)C5=O)CC3)C[C@@H]2C)cn1. The topological polar surface area (TPSA) is 257 Å². The molecule has 23 heteroatoms. The monoisotopic (exact) mass is 1090 g/mol. The molecule has 5 aromatic rings. The second-order valence-corrected chi connectivity index (χ2v) is 23.1. The zero-order valence-electron chi connectivity index (χ0n) is 47.0. The number of fused-ring (bicyclic) bond motifs is 4. The highest BCUT2D eigenvalue weighted by Crippen LogP contribution is 2.43. The number of nitrogens with zero attached hydrogens (tertiary/aromatic N) is 10. The molecular formula is C55H64N11O11P. The summed E-state index contributed by atoms with van der Waals surface area (Å²) in [6, 6.07) is 13.2. The molecular weight excluding hydrogens is 1020 g/mol. The Balaban J connectivity index is 0.728. The number of anilines is 5. The number of piperazine rings is 1. The minimum atomic E-state index is -5.08. The lowest BCUT2D eigenvalue weighted by Gasteiger charge is -2.46. The van der Waals surface area contributed by atoms with Gasteiger partial charge in [0.25, 0.3) is 23.6 Å². The van der Waals surface area contributed by atoms with Crippen LogP contribution in [0.4, 0.5) is 28.7 Å². The van der Waals surface area contributed by atoms with Crippen molar-refractivity contribution in [1.29, 1.82) is 0 Å². The third kappa shape index (κ3) is 9.72. The number of hydrogen-bond donors (Lipinski definition) is 4. The van der Waals surface area contributed by atoms with Gasteiger partial charge in [-0.2, -0.15) is 0 Å². The maximum atomic E-state index is 14.2. The summed E-state index contributed by atoms with van der Waals surface area (Å²) in [5, 5.41) is 14.6. The average molecular weight is 1090 g/mol. The molecule has 1 aliphatic carbocycles. The Morgan fingerprint density at radius 3 is 2.32 bits per heavy atom. The number of amides is 5. The van der Waals surface area contributed by atoms with E-state index in [4.69, 9.17) is 13.8 Å². The number of hydrogen-bond acceptors (Lipinski definition) is 16. The molecule has 3 saturated heterocycles. The molecule has 11 rings (SSSR count). The van der Waals surface area contributed by atoms with E-state index in [1.165, 1.54) is 17.5 Å². The number of pyridine rings is 3. The molecule has 0 bridgehead atoms. The van der Waals surface area contributed by atoms with Crippen LogP contribution >= 0.6 is 7.82 Å². The van der Waals surface area contributed by atoms with Crippen LogP contribution in [0.2, 0.25) is 0 Å². The number of carbonyl (C=O) groups is 5. The molecule has 78 heavy (non-hydrogen) atoms. The van der Waals surface area contributed by atoms with Crippen molar-refractivity contribution in [3.8, 4) is 17.0 Å². The molecule has 0 saturated carbocycles. The van der Waals surface area contributed by atoms with E-state index in [1.807, 2.05) is 12.1 Å². The van der Waals surface area contributed by atoms with Crippen LogP contribution in [0.25, 0.3) is 11.1 Å². The number of carbonyl (C=O) groups excluding carboxylic acids is 5. The molecule has 5 amide bonds. The maximum absolute atomic E-state index is 14.2. The number of nitrogens with one attached hydrogen (secondary N) is 1. The number of aliphatic hydroxyl groups is 1. The second kappa shape index (κ2) is 20.3. The number of aromatic nitrogens is 4. The van der Waals surface area contributed by atoms with E-state index in [0.717, 1.165) is 68.5 Å². The van der Waals surface area contributed by atoms with Gasteiger partial charge in [-0.15, -0.1) is 0 Å². The first-order valence-electron chi connectivity index (χ1n) is 27.8. The average Bonchev–Trinajstić information content (AvgIpc) is 3.31. The van der Waals surface area contributed by atoms with Crippen molar-refractivity contribution in [2.45, 2.75) is 110 Å². The number of rotatable bonds is 13. The molecule has 1 aromatic carbocycles. The third-order valence-electron chi connectivity index (χ3n) is 16.2. The van der Waals surface area contributed by atoms with Gasteiger partial charge in [0.2, 0.25) is 11.8 Å². The third-order valence-corrected chi connectivity index (χ3v) is 16.7. The minimum Gasteiger partial charge on any atom is -0.480 e. The molecule has 22 nitrogen and oxygen atoms in total. The van der Waals surface area contributed by atoms with Gasteiger partial charge in [-0.3, -0.25) is 48.1 Å². The van der Waals surface area contributed by atoms with E-state index >= 15 is 0 Å². The van der Waals surface area contributed by atoms with Crippen molar-refractivity contribution in [1.82, 2.24) is 34.2 Å². The van der Waals surface area contributed by atoms with Crippen LogP contribution in [0, 0.1) is 5.41 Å². The van der Waals surface area contributed by atoms with Gasteiger partial charge in [0, 0.05) is 99.2 Å². The molecule has 4 aromatic heterocycles. The molecule has 4 N–H and O–H groups in total. The van der Waals surface area contributed by atoms with E-state index in [-0.39, 0.29) is 52.9 Å². The van der Waals surface area contributed by atoms with Crippen molar-refractivity contribution in [2.24, 2.45) is 5.41 Å². The highest BCUT2D eigenvalue weighted by atomic mass is 31.2. The molecule has 4 atom stereocenters. The lowest BCUT2D eigenvalue weighted by Crippen LogP contribution is -2.58. The van der Waals surface area contributed by atoms with E-state index in [1.54, 1.807) is 60.6 Å². The predicted molar refractivity (Wildman–Crippen MR) is 287 cm³/mol. The fourth-order valence-electron chi connectivity index (χ4n) is 12.6. The van der Waals surface area contributed by atoms with Gasteiger partial charge in [0.15, 0.2) is 0 Å². The molecule has 1 unspecified atom stereocenters. The molecule has 5 aliphatic heterocycles. The first-order valence-corrected chi connectivity index (χ1v) is 27.9. The van der Waals surface area contributed by atoms with Crippen molar-refractivity contribution in [3.05, 3.63) is 101 Å². The summed E-state index contributed by atoms with van der Waals surface area (Å²) in [5.41, 5.74) is 6.74. The smallest absolute Gasteiger partial charge is 0.471 e. The fraction of sp³-hybridized carbons (Fsp3) is 0.455. The number of ether oxygens (including phenoxy) is 1. The number of phosphoric ester groups is 1. The predicted octanol–water partition coefficient (Wildman–Crippen LogP) is 5.68. The molecule has 0 radical (unpaired) electrons. The van der Waals surface area contributed by atoms with Crippen molar-refractivity contribution in [2.75, 3.05) is 66.3 Å². The number of benzene rings is 1. The first kappa shape index (κ1) is 49.2. The molecule has 3 fully saturated rings. The quantitative estimate of drug-likeness (QED) is 0.0817. The highest BCUT2D eigenvalue weighted by Gasteiger charge is 2.49. The van der Waals surface area contributed by atoms with Crippen LogP contribution in [0.1, 0.15) is 119 Å². The highest BCUT2D eigenvalue weighted by molar-refractivity contribution is 7.46. The molecule has 9 heterocycles. The molecule has 6 aliphatic rings. The maximum Gasteiger partial charge on any atom is 0.471 e. The Kier molecular flexibility index (Phi) is 12.8. The van der Waals surface area contributed by atoms with Crippen LogP contribution in [-0.2, 0) is 38.1 Å². The molecule has 410 valence electrons. The zero-order valence-corrected chi connectivity index (χ0v) is 44.9. The number of piperidine rings is 2. The Bertz CT molecular complexity index is 3420. The Labute approximate surface area is 455 Å². The summed E-state index contributed by atoms with van der Waals surface area (Å²) in [6.07, 6.45) is 5.25. The van der Waals surface area contributed by atoms with Gasteiger partial charge >= 0.3 is 7.82 Å². The van der Waals surface area contributed by atoms with Gasteiger partial charge in [-0.25, -0.2) is 19.5 Å². The Morgan fingerprint density at radius 2 is 1.60 bits per heavy atom. The lowest BCUT2D eigenvalue weighted by molar-refractivity contribution is -0.161. The number of likely N-dealkylation sites (tertiary alicyclic amines) is 1. The number of aliphatic hydroxyl groups excluding tert-OH is 1. The lowest BCUT2D eigenvalue weighted by atomic mass is 9.90. The minimum absolute atomic E-state index is 0.121. The van der Waals surface area contributed by atoms with Crippen molar-refractivity contribution < 1.29 is 56.8 Å². The Morgan fingerprint density at radius 1 is 0.833 bits per heavy atom. The van der Waals surface area contributed by atoms with E-state index in [0.29, 0.717) is 71.1 Å². The van der Waals surface area contributed by atoms with Gasteiger partial charge in [-0.05, 0) is 118 Å². The van der Waals surface area contributed by atoms with Gasteiger partial charge < -0.3 is 39.3 Å². The Hall–Kier alpha value is -7.07. The fourth-order valence-corrected chi connectivity index (χ4v) is 13.1. The standard InChI is InChI=1S/C55H64N11O11P/c1-31-30-61(36-14-17-60(18-15-36)37-7-9-40-41(25-37)52(70)66(51(40)69)43-10-12-47(68)65(54(43)72)33(3)77-78(73,74)75)19-20-62(31)38-8-11-46(57-29-38)59-42-23-35(28-58-50(42)76-6)39-13-16-56-49(48(39)32(2)67)64-22-21-63-44(53(64)71)24-34-26-55(4,5)27-45(34)63/h7-9,11,13,16,23-25,28-29,31-33,36,43,67H,10,12,14-15,17-22,26-27,30H2,1-6H3,(H,57,59)(H2,73,74,75)/t31-,32+,33?,43-/m0/s1/i6D3. The van der Waals surface area contributed by atoms with Crippen LogP contribution < -0.4 is 24.8 Å². The van der Waals surface area contributed by atoms with E-state index in [2.05, 4.69) is 59.8 Å². The van der Waals surface area contributed by atoms with Crippen LogP contribution in [0.15, 0.2) is 67.1 Å². The summed E-state index contributed by atoms with van der Waals surface area (Å²) in [5.74, 6) is -2.71. The van der Waals surface area contributed by atoms with Crippen molar-refractivity contribution in [3.63, 3.8) is 0 Å². The summed E-state index contributed by atoms with van der Waals surface area (Å²) in [7, 11) is -7.90. The van der Waals surface area contributed by atoms with Gasteiger partial charge in [-0.1, -0.05) is 13.8 Å². The summed E-state index contributed by atoms with van der Waals surface area (Å²) < 4.78 is 47.2. The van der Waals surface area contributed by atoms with Crippen molar-refractivity contribution >= 4 is 66.1 Å². The number of methoxy groups -OCH3 is 1. The zero-order chi connectivity index (χ0) is 57.6. The van der Waals surface area contributed by atoms with Gasteiger partial charge in [0.1, 0.15) is 35.3 Å². The number of imide groups is 2. The first-order chi connectivity index (χ1) is 38.3. The van der Waals surface area contributed by atoms with Crippen LogP contribution in [0.5, 0.6) is 5.88 Å². The summed E-state index contributed by atoms with van der Waals surface area (Å²) >= 11 is 0.